The van der Waals surface area contributed by atoms with Crippen LogP contribution in [0.3, 0.4) is 0 Å². The predicted molar refractivity (Wildman–Crippen MR) is 84.7 cm³/mol. The Morgan fingerprint density at radius 2 is 2.08 bits per heavy atom. The van der Waals surface area contributed by atoms with Gasteiger partial charge in [-0.05, 0) is 0 Å². The SMILES string of the molecule is Cl.Cn1ccnc1C1CNCCN1Cc1cnn(C)c1C(F)(F)F. The Morgan fingerprint density at radius 1 is 1.33 bits per heavy atom. The predicted octanol–water partition coefficient (Wildman–Crippen LogP) is 1.74. The molecule has 0 amide bonds. The fraction of sp³-hybridized carbons (Fsp3) is 0.571. The second-order valence-corrected chi connectivity index (χ2v) is 5.73. The highest BCUT2D eigenvalue weighted by molar-refractivity contribution is 5.85. The Hall–Kier alpha value is -1.58. The van der Waals surface area contributed by atoms with Gasteiger partial charge < -0.3 is 9.88 Å². The topological polar surface area (TPSA) is 50.9 Å². The number of rotatable bonds is 3. The molecule has 1 N–H and O–H groups in total. The minimum absolute atomic E-state index is 0. The molecule has 6 nitrogen and oxygen atoms in total. The first-order valence-corrected chi connectivity index (χ1v) is 7.38. The van der Waals surface area contributed by atoms with Gasteiger partial charge in [0.2, 0.25) is 0 Å². The van der Waals surface area contributed by atoms with Crippen molar-refractivity contribution < 1.29 is 13.2 Å². The van der Waals surface area contributed by atoms with Crippen molar-refractivity contribution >= 4 is 12.4 Å². The molecule has 0 saturated carbocycles. The van der Waals surface area contributed by atoms with Crippen LogP contribution in [0.1, 0.15) is 23.1 Å². The summed E-state index contributed by atoms with van der Waals surface area (Å²) in [7, 11) is 3.21. The van der Waals surface area contributed by atoms with E-state index in [9.17, 15) is 13.2 Å². The molecule has 3 rings (SSSR count). The van der Waals surface area contributed by atoms with E-state index in [-0.39, 0.29) is 30.6 Å². The normalized spacial score (nSPS) is 19.3. The van der Waals surface area contributed by atoms with Gasteiger partial charge in [0.25, 0.3) is 0 Å². The van der Waals surface area contributed by atoms with E-state index < -0.39 is 11.9 Å². The van der Waals surface area contributed by atoms with Crippen molar-refractivity contribution in [1.29, 1.82) is 0 Å². The van der Waals surface area contributed by atoms with Gasteiger partial charge in [-0.15, -0.1) is 12.4 Å². The number of nitrogens with one attached hydrogen (secondary N) is 1. The summed E-state index contributed by atoms with van der Waals surface area (Å²) in [5.74, 6) is 0.842. The third-order valence-corrected chi connectivity index (χ3v) is 4.17. The summed E-state index contributed by atoms with van der Waals surface area (Å²) >= 11 is 0. The second-order valence-electron chi connectivity index (χ2n) is 5.73. The van der Waals surface area contributed by atoms with Gasteiger partial charge in [-0.2, -0.15) is 18.3 Å². The minimum Gasteiger partial charge on any atom is -0.337 e. The molecule has 2 aromatic rings. The Morgan fingerprint density at radius 3 is 2.71 bits per heavy atom. The van der Waals surface area contributed by atoms with E-state index in [0.29, 0.717) is 13.1 Å². The molecule has 0 aromatic carbocycles. The first-order chi connectivity index (χ1) is 10.9. The monoisotopic (exact) mass is 364 g/mol. The summed E-state index contributed by atoms with van der Waals surface area (Å²) in [5.41, 5.74) is -0.490. The minimum atomic E-state index is -4.41. The Bertz CT molecular complexity index is 680. The maximum Gasteiger partial charge on any atom is 0.433 e. The van der Waals surface area contributed by atoms with Gasteiger partial charge in [0.05, 0.1) is 12.2 Å². The van der Waals surface area contributed by atoms with E-state index in [1.165, 1.54) is 13.2 Å². The van der Waals surface area contributed by atoms with E-state index in [1.807, 2.05) is 22.7 Å². The molecule has 0 radical (unpaired) electrons. The van der Waals surface area contributed by atoms with E-state index in [2.05, 4.69) is 15.4 Å². The number of alkyl halides is 3. The van der Waals surface area contributed by atoms with Gasteiger partial charge in [-0.3, -0.25) is 9.58 Å². The average Bonchev–Trinajstić information content (AvgIpc) is 3.05. The van der Waals surface area contributed by atoms with Gasteiger partial charge in [-0.25, -0.2) is 4.98 Å². The van der Waals surface area contributed by atoms with Gasteiger partial charge in [0, 0.05) is 58.2 Å². The molecule has 1 aliphatic heterocycles. The third-order valence-electron chi connectivity index (χ3n) is 4.17. The second kappa shape index (κ2) is 7.12. The van der Waals surface area contributed by atoms with Crippen molar-refractivity contribution in [2.24, 2.45) is 14.1 Å². The van der Waals surface area contributed by atoms with Crippen molar-refractivity contribution in [2.75, 3.05) is 19.6 Å². The van der Waals surface area contributed by atoms with Crippen molar-refractivity contribution in [3.8, 4) is 0 Å². The van der Waals surface area contributed by atoms with Crippen LogP contribution in [0.5, 0.6) is 0 Å². The van der Waals surface area contributed by atoms with Gasteiger partial charge in [0.15, 0.2) is 0 Å². The number of imidazole rings is 1. The van der Waals surface area contributed by atoms with Crippen LogP contribution in [0.2, 0.25) is 0 Å². The standard InChI is InChI=1S/C14H19F3N6.ClH/c1-21-5-4-19-13(21)11-8-18-3-6-23(11)9-10-7-20-22(2)12(10)14(15,16)17;/h4-5,7,11,18H,3,6,8-9H2,1-2H3;1H. The molecule has 1 aliphatic rings. The highest BCUT2D eigenvalue weighted by Crippen LogP contribution is 2.33. The number of nitrogens with zero attached hydrogens (tertiary/aromatic N) is 5. The van der Waals surface area contributed by atoms with Gasteiger partial charge in [-0.1, -0.05) is 0 Å². The first kappa shape index (κ1) is 18.8. The summed E-state index contributed by atoms with van der Waals surface area (Å²) < 4.78 is 42.5. The molecule has 10 heteroatoms. The van der Waals surface area contributed by atoms with Crippen LogP contribution >= 0.6 is 12.4 Å². The van der Waals surface area contributed by atoms with Crippen LogP contribution in [0.25, 0.3) is 0 Å². The van der Waals surface area contributed by atoms with E-state index >= 15 is 0 Å². The summed E-state index contributed by atoms with van der Waals surface area (Å²) in [4.78, 5) is 6.36. The van der Waals surface area contributed by atoms with Gasteiger partial charge in [0.1, 0.15) is 11.5 Å². The molecule has 1 atom stereocenters. The van der Waals surface area contributed by atoms with Crippen molar-refractivity contribution in [2.45, 2.75) is 18.8 Å². The fourth-order valence-electron chi connectivity index (χ4n) is 3.07. The highest BCUT2D eigenvalue weighted by atomic mass is 35.5. The Labute approximate surface area is 144 Å². The highest BCUT2D eigenvalue weighted by Gasteiger charge is 2.38. The van der Waals surface area contributed by atoms with Crippen LogP contribution < -0.4 is 5.32 Å². The lowest BCUT2D eigenvalue weighted by molar-refractivity contribution is -0.144. The molecular weight excluding hydrogens is 345 g/mol. The zero-order valence-corrected chi connectivity index (χ0v) is 14.2. The Balaban J connectivity index is 0.00000208. The van der Waals surface area contributed by atoms with E-state index in [4.69, 9.17) is 0 Å². The number of hydrogen-bond donors (Lipinski definition) is 1. The molecule has 3 heterocycles. The summed E-state index contributed by atoms with van der Waals surface area (Å²) in [6.07, 6.45) is 0.439. The van der Waals surface area contributed by atoms with E-state index in [0.717, 1.165) is 17.1 Å². The van der Waals surface area contributed by atoms with Crippen LogP contribution in [0.4, 0.5) is 13.2 Å². The van der Waals surface area contributed by atoms with Crippen molar-refractivity contribution in [3.05, 3.63) is 35.7 Å². The molecule has 0 aliphatic carbocycles. The lowest BCUT2D eigenvalue weighted by Gasteiger charge is -2.35. The summed E-state index contributed by atoms with van der Waals surface area (Å²) in [5, 5.41) is 7.07. The number of aromatic nitrogens is 4. The molecule has 1 saturated heterocycles. The zero-order valence-electron chi connectivity index (χ0n) is 13.4. The van der Waals surface area contributed by atoms with Crippen LogP contribution in [0, 0.1) is 0 Å². The first-order valence-electron chi connectivity index (χ1n) is 7.38. The number of piperazine rings is 1. The van der Waals surface area contributed by atoms with Crippen molar-refractivity contribution in [3.63, 3.8) is 0 Å². The smallest absolute Gasteiger partial charge is 0.337 e. The quantitative estimate of drug-likeness (QED) is 0.901. The third kappa shape index (κ3) is 3.57. The molecule has 2 aromatic heterocycles. The molecular formula is C14H20ClF3N6. The zero-order chi connectivity index (χ0) is 16.6. The number of hydrogen-bond acceptors (Lipinski definition) is 4. The molecule has 1 unspecified atom stereocenters. The lowest BCUT2D eigenvalue weighted by Crippen LogP contribution is -2.46. The fourth-order valence-corrected chi connectivity index (χ4v) is 3.07. The molecule has 24 heavy (non-hydrogen) atoms. The Kier molecular flexibility index (Phi) is 5.56. The van der Waals surface area contributed by atoms with E-state index in [1.54, 1.807) is 6.20 Å². The maximum atomic E-state index is 13.2. The summed E-state index contributed by atoms with van der Waals surface area (Å²) in [6.45, 7) is 2.25. The number of aryl methyl sites for hydroxylation is 2. The largest absolute Gasteiger partial charge is 0.433 e. The van der Waals surface area contributed by atoms with Crippen LogP contribution in [-0.2, 0) is 26.8 Å². The van der Waals surface area contributed by atoms with Gasteiger partial charge >= 0.3 is 6.18 Å². The number of halogens is 4. The molecule has 0 spiro atoms. The van der Waals surface area contributed by atoms with Crippen LogP contribution in [-0.4, -0.2) is 43.9 Å². The summed E-state index contributed by atoms with van der Waals surface area (Å²) in [6, 6.07) is -0.0648. The molecule has 1 fully saturated rings. The average molecular weight is 365 g/mol. The van der Waals surface area contributed by atoms with Crippen molar-refractivity contribution in [1.82, 2.24) is 29.5 Å². The lowest BCUT2D eigenvalue weighted by atomic mass is 10.1. The molecule has 134 valence electrons. The molecule has 0 bridgehead atoms. The van der Waals surface area contributed by atoms with Crippen LogP contribution in [0.15, 0.2) is 18.6 Å². The maximum absolute atomic E-state index is 13.2.